The third-order valence-electron chi connectivity index (χ3n) is 15.5. The number of halogens is 3. The van der Waals surface area contributed by atoms with Crippen LogP contribution < -0.4 is 4.74 Å². The molecule has 5 heterocycles. The number of carbonyl (C=O) groups excluding carboxylic acids is 2. The number of aliphatic hydroxyl groups is 2. The van der Waals surface area contributed by atoms with Crippen molar-refractivity contribution in [2.24, 2.45) is 0 Å². The molecule has 0 unspecified atom stereocenters. The maximum absolute atomic E-state index is 12.9. The number of aromatic nitrogens is 5. The molecule has 562 valence electrons. The maximum atomic E-state index is 12.9. The molecule has 0 spiro atoms. The molecule has 14 rings (SSSR count). The number of carboxylic acid groups (broad SMARTS) is 1. The SMILES string of the molecule is CC(=O)C=C(C)O.CC(=O)C=C(C)O.CCc1cc[c-]c(-c2ccc3ccccc3n2)c1.COc1ccc2cc(-c3ccc4ccccc4n3)[c-]cc2c1.Cc1[c-]c(-c2nc3ccccc3cc2C(C)C)ccc1.Cc1cc(-c2ccc3ccccc3n2)[c-]c(C(F)(F)F)c1.O=C(O)c1ccccn1.[Ir].[Ir].[Ir].[Ir]. The van der Waals surface area contributed by atoms with Gasteiger partial charge in [-0.05, 0) is 132 Å². The van der Waals surface area contributed by atoms with Gasteiger partial charge in [-0.25, -0.2) is 9.78 Å². The quantitative estimate of drug-likeness (QED) is 0.0669. The Labute approximate surface area is 682 Å². The summed E-state index contributed by atoms with van der Waals surface area (Å²) >= 11 is 0. The molecule has 0 atom stereocenters. The number of hydrogen-bond acceptors (Lipinski definition) is 11. The summed E-state index contributed by atoms with van der Waals surface area (Å²) in [5, 5.41) is 31.8. The largest absolute Gasteiger partial charge is 0.512 e. The van der Waals surface area contributed by atoms with Crippen molar-refractivity contribution in [2.45, 2.75) is 80.8 Å². The molecule has 9 aromatic carbocycles. The molecule has 3 N–H and O–H groups in total. The van der Waals surface area contributed by atoms with Crippen LogP contribution in [0.1, 0.15) is 92.7 Å². The van der Waals surface area contributed by atoms with Crippen LogP contribution in [0.3, 0.4) is 0 Å². The van der Waals surface area contributed by atoms with Crippen LogP contribution in [0, 0.1) is 38.1 Å². The summed E-state index contributed by atoms with van der Waals surface area (Å²) in [5.74, 6) is 0.184. The fourth-order valence-corrected chi connectivity index (χ4v) is 10.6. The standard InChI is InChI=1S/C20H14NO.C19H18N.C17H11F3N.C17H14N.C6H5NO2.2C5H8O2.4Ir/c1-22-18-10-8-15-12-17(7-6-16(15)13-18)20-11-9-14-4-2-3-5-19(14)21-20;1-13(2)17-12-15-8-4-5-10-18(15)20-19(17)16-9-6-7-14(3)11-16;1-11-8-13(10-14(9-11)17(18,19)20)16-7-6-12-4-2-3-5-15(12)21-16;1-2-13-6-5-8-15(12-13)17-11-10-14-7-3-4-9-16(14)18-17;8-6(9)5-3-1-2-4-7-5;2*1-4(6)3-5(2)7;;;;/h2-6,8-13H,1H3;4-10,12-13H,1-3H3;2-9H,1H3;3-7,9-12H,2H2,1H3;1-4H,(H,8,9);2*3,6H,1-2H3;;;;/q4*-1;;;;;;;. The van der Waals surface area contributed by atoms with E-state index in [9.17, 15) is 27.6 Å². The van der Waals surface area contributed by atoms with Gasteiger partial charge in [0.1, 0.15) is 11.4 Å². The van der Waals surface area contributed by atoms with E-state index in [1.165, 1.54) is 74.0 Å². The van der Waals surface area contributed by atoms with Crippen LogP contribution in [-0.4, -0.2) is 64.9 Å². The van der Waals surface area contributed by atoms with E-state index in [0.717, 1.165) is 101 Å². The van der Waals surface area contributed by atoms with Crippen molar-refractivity contribution in [1.82, 2.24) is 24.9 Å². The van der Waals surface area contributed by atoms with E-state index in [0.29, 0.717) is 22.7 Å². The van der Waals surface area contributed by atoms with Gasteiger partial charge in [0.2, 0.25) is 0 Å². The van der Waals surface area contributed by atoms with E-state index < -0.39 is 17.7 Å². The first kappa shape index (κ1) is 90.5. The van der Waals surface area contributed by atoms with Gasteiger partial charge in [-0.1, -0.05) is 179 Å². The predicted octanol–water partition coefficient (Wildman–Crippen LogP) is 22.1. The van der Waals surface area contributed by atoms with Crippen LogP contribution in [0.4, 0.5) is 13.2 Å². The second-order valence-corrected chi connectivity index (χ2v) is 24.3. The molecule has 0 saturated heterocycles. The molecule has 0 saturated carbocycles. The molecule has 12 nitrogen and oxygen atoms in total. The minimum Gasteiger partial charge on any atom is -0.512 e. The third-order valence-corrected chi connectivity index (χ3v) is 15.5. The Morgan fingerprint density at radius 2 is 0.981 bits per heavy atom. The number of aryl methyl sites for hydroxylation is 3. The van der Waals surface area contributed by atoms with Crippen molar-refractivity contribution in [3.63, 3.8) is 0 Å². The van der Waals surface area contributed by atoms with Crippen LogP contribution in [-0.2, 0) is 103 Å². The Kier molecular flexibility index (Phi) is 37.2. The molecular formula is C89H78F3Ir4N5O7-4. The van der Waals surface area contributed by atoms with E-state index >= 15 is 0 Å². The van der Waals surface area contributed by atoms with Crippen LogP contribution in [0.15, 0.2) is 266 Å². The number of allylic oxidation sites excluding steroid dienone is 4. The molecule has 5 aromatic heterocycles. The van der Waals surface area contributed by atoms with E-state index in [2.05, 4.69) is 164 Å². The number of alkyl halides is 3. The Morgan fingerprint density at radius 3 is 1.43 bits per heavy atom. The summed E-state index contributed by atoms with van der Waals surface area (Å²) in [6.07, 6.45) is 0.413. The molecule has 0 aliphatic carbocycles. The number of ketones is 2. The number of aliphatic hydroxyl groups excluding tert-OH is 2. The van der Waals surface area contributed by atoms with Crippen LogP contribution in [0.2, 0.25) is 0 Å². The van der Waals surface area contributed by atoms with Crippen molar-refractivity contribution in [1.29, 1.82) is 0 Å². The summed E-state index contributed by atoms with van der Waals surface area (Å²) in [4.78, 5) is 52.5. The summed E-state index contributed by atoms with van der Waals surface area (Å²) in [7, 11) is 1.68. The average Bonchev–Trinajstić information content (AvgIpc) is 0.797. The smallest absolute Gasteiger partial charge is 0.399 e. The Hall–Kier alpha value is -9.89. The fraction of sp³-hybridized carbons (Fsp3) is 0.146. The van der Waals surface area contributed by atoms with Crippen molar-refractivity contribution in [3.8, 4) is 50.8 Å². The molecule has 0 aliphatic heterocycles. The first-order chi connectivity index (χ1) is 49.8. The van der Waals surface area contributed by atoms with Gasteiger partial charge in [0, 0.05) is 98.8 Å². The van der Waals surface area contributed by atoms with Crippen molar-refractivity contribution < 1.29 is 128 Å². The molecule has 108 heavy (non-hydrogen) atoms. The number of benzene rings is 9. The number of carbonyl (C=O) groups is 3. The number of para-hydroxylation sites is 4. The Bertz CT molecular complexity index is 5340. The molecule has 0 bridgehead atoms. The normalized spacial score (nSPS) is 10.6. The number of pyridine rings is 5. The van der Waals surface area contributed by atoms with Gasteiger partial charge in [0.25, 0.3) is 0 Å². The number of carboxylic acids is 1. The molecule has 0 aliphatic rings. The first-order valence-electron chi connectivity index (χ1n) is 33.3. The number of fused-ring (bicyclic) bond motifs is 5. The topological polar surface area (TPSA) is 186 Å². The predicted molar refractivity (Wildman–Crippen MR) is 411 cm³/mol. The maximum Gasteiger partial charge on any atom is 0.399 e. The fourth-order valence-electron chi connectivity index (χ4n) is 10.6. The van der Waals surface area contributed by atoms with Crippen LogP contribution >= 0.6 is 0 Å². The minimum absolute atomic E-state index is 0. The monoisotopic (exact) mass is 2160 g/mol. The summed E-state index contributed by atoms with van der Waals surface area (Å²) in [6, 6.07) is 88.8. The summed E-state index contributed by atoms with van der Waals surface area (Å²) in [6.45, 7) is 16.0. The second kappa shape index (κ2) is 44.4. The molecule has 19 heteroatoms. The number of aromatic carboxylic acids is 1. The van der Waals surface area contributed by atoms with Crippen molar-refractivity contribution in [2.75, 3.05) is 7.11 Å². The Morgan fingerprint density at radius 1 is 0.491 bits per heavy atom. The number of hydrogen-bond donors (Lipinski definition) is 3. The van der Waals surface area contributed by atoms with Crippen molar-refractivity contribution in [3.05, 3.63) is 324 Å². The first-order valence-corrected chi connectivity index (χ1v) is 33.3. The number of nitrogens with zero attached hydrogens (tertiary/aromatic N) is 5. The zero-order valence-electron chi connectivity index (χ0n) is 60.7. The molecule has 14 aromatic rings. The zero-order valence-corrected chi connectivity index (χ0v) is 70.3. The third kappa shape index (κ3) is 27.7. The van der Waals surface area contributed by atoms with Gasteiger partial charge < -0.3 is 20.1 Å². The second-order valence-electron chi connectivity index (χ2n) is 24.3. The zero-order chi connectivity index (χ0) is 74.9. The van der Waals surface area contributed by atoms with Gasteiger partial charge in [-0.2, -0.15) is 13.2 Å². The minimum atomic E-state index is -4.41. The van der Waals surface area contributed by atoms with Gasteiger partial charge >= 0.3 is 12.1 Å². The average molecular weight is 2160 g/mol. The summed E-state index contributed by atoms with van der Waals surface area (Å²) in [5.41, 5.74) is 14.4. The molecular weight excluding hydrogens is 2080 g/mol. The van der Waals surface area contributed by atoms with E-state index in [1.807, 2.05) is 103 Å². The van der Waals surface area contributed by atoms with Gasteiger partial charge in [-0.3, -0.25) is 29.5 Å². The Balaban J connectivity index is 0.000000275. The molecule has 0 fully saturated rings. The van der Waals surface area contributed by atoms with Crippen molar-refractivity contribution >= 4 is 71.9 Å². The number of ether oxygens (including phenoxy) is 1. The van der Waals surface area contributed by atoms with E-state index in [4.69, 9.17) is 30.0 Å². The van der Waals surface area contributed by atoms with E-state index in [-0.39, 0.29) is 109 Å². The van der Waals surface area contributed by atoms with Gasteiger partial charge in [-0.15, -0.1) is 129 Å². The molecule has 4 radical (unpaired) electrons. The van der Waals surface area contributed by atoms with Crippen LogP contribution in [0.5, 0.6) is 5.75 Å². The van der Waals surface area contributed by atoms with Gasteiger partial charge in [0.15, 0.2) is 11.6 Å². The van der Waals surface area contributed by atoms with Crippen LogP contribution in [0.25, 0.3) is 99.4 Å². The van der Waals surface area contributed by atoms with E-state index in [1.54, 1.807) is 38.3 Å². The number of methoxy groups -OCH3 is 1. The van der Waals surface area contributed by atoms with Gasteiger partial charge in [0.05, 0.1) is 40.7 Å². The number of rotatable bonds is 10. The molecule has 0 amide bonds. The summed E-state index contributed by atoms with van der Waals surface area (Å²) < 4.78 is 43.9.